The third-order valence-corrected chi connectivity index (χ3v) is 3.76. The van der Waals surface area contributed by atoms with Crippen LogP contribution >= 0.6 is 22.9 Å². The quantitative estimate of drug-likeness (QED) is 0.639. The second kappa shape index (κ2) is 4.96. The van der Waals surface area contributed by atoms with Gasteiger partial charge in [0.25, 0.3) is 5.19 Å². The van der Waals surface area contributed by atoms with Crippen LogP contribution in [0.2, 0.25) is 0 Å². The largest absolute Gasteiger partial charge is 0.431 e. The van der Waals surface area contributed by atoms with Crippen molar-refractivity contribution in [2.45, 2.75) is 5.88 Å². The second-order valence-electron chi connectivity index (χ2n) is 3.79. The van der Waals surface area contributed by atoms with Crippen molar-refractivity contribution in [3.05, 3.63) is 54.1 Å². The Kier molecular flexibility index (Phi) is 3.17. The maximum atomic E-state index is 5.90. The van der Waals surface area contributed by atoms with Crippen molar-refractivity contribution in [3.8, 4) is 10.9 Å². The lowest BCUT2D eigenvalue weighted by molar-refractivity contribution is 0.480. The van der Waals surface area contributed by atoms with E-state index in [4.69, 9.17) is 16.3 Å². The molecule has 0 aliphatic heterocycles. The summed E-state index contributed by atoms with van der Waals surface area (Å²) in [6.07, 6.45) is 0. The van der Waals surface area contributed by atoms with E-state index in [-0.39, 0.29) is 0 Å². The van der Waals surface area contributed by atoms with E-state index in [9.17, 15) is 0 Å². The first-order valence-corrected chi connectivity index (χ1v) is 6.89. The van der Waals surface area contributed by atoms with Gasteiger partial charge >= 0.3 is 0 Å². The highest BCUT2D eigenvalue weighted by atomic mass is 35.5. The first-order chi connectivity index (χ1) is 8.86. The predicted octanol–water partition coefficient (Wildman–Crippen LogP) is 4.83. The molecule has 0 bridgehead atoms. The molecule has 18 heavy (non-hydrogen) atoms. The van der Waals surface area contributed by atoms with E-state index in [0.29, 0.717) is 11.1 Å². The topological polar surface area (TPSA) is 22.1 Å². The average molecular weight is 276 g/mol. The van der Waals surface area contributed by atoms with Gasteiger partial charge in [-0.25, -0.2) is 4.98 Å². The molecule has 90 valence electrons. The van der Waals surface area contributed by atoms with Crippen molar-refractivity contribution in [3.63, 3.8) is 0 Å². The fraction of sp³-hybridized carbons (Fsp3) is 0.0714. The molecular weight excluding hydrogens is 266 g/mol. The summed E-state index contributed by atoms with van der Waals surface area (Å²) >= 11 is 7.43. The van der Waals surface area contributed by atoms with Gasteiger partial charge in [-0.1, -0.05) is 41.7 Å². The number of benzene rings is 2. The minimum Gasteiger partial charge on any atom is -0.431 e. The fourth-order valence-corrected chi connectivity index (χ4v) is 2.82. The zero-order valence-corrected chi connectivity index (χ0v) is 11.0. The normalized spacial score (nSPS) is 10.7. The summed E-state index contributed by atoms with van der Waals surface area (Å²) in [6.45, 7) is 0. The number of alkyl halides is 1. The molecule has 0 unspecified atom stereocenters. The summed E-state index contributed by atoms with van der Waals surface area (Å²) in [5.74, 6) is 1.26. The lowest BCUT2D eigenvalue weighted by Gasteiger charge is -1.99. The zero-order chi connectivity index (χ0) is 12.4. The third-order valence-electron chi connectivity index (χ3n) is 2.58. The minimum absolute atomic E-state index is 0.464. The van der Waals surface area contributed by atoms with Crippen molar-refractivity contribution < 1.29 is 4.74 Å². The molecule has 0 aliphatic carbocycles. The van der Waals surface area contributed by atoms with E-state index in [1.54, 1.807) is 0 Å². The number of thiazole rings is 1. The second-order valence-corrected chi connectivity index (χ2v) is 5.05. The van der Waals surface area contributed by atoms with Crippen LogP contribution in [0.15, 0.2) is 48.5 Å². The molecule has 0 fully saturated rings. The Morgan fingerprint density at radius 2 is 1.89 bits per heavy atom. The predicted molar refractivity (Wildman–Crippen MR) is 75.7 cm³/mol. The molecule has 4 heteroatoms. The van der Waals surface area contributed by atoms with Gasteiger partial charge in [0.2, 0.25) is 0 Å². The molecule has 3 rings (SSSR count). The molecule has 0 amide bonds. The highest BCUT2D eigenvalue weighted by molar-refractivity contribution is 7.20. The number of hydrogen-bond donors (Lipinski definition) is 0. The Labute approximate surface area is 114 Å². The van der Waals surface area contributed by atoms with Gasteiger partial charge in [0, 0.05) is 5.88 Å². The Hall–Kier alpha value is -1.58. The summed E-state index contributed by atoms with van der Waals surface area (Å²) in [5, 5.41) is 0.647. The number of nitrogens with zero attached hydrogens (tertiary/aromatic N) is 1. The van der Waals surface area contributed by atoms with Crippen molar-refractivity contribution in [1.82, 2.24) is 4.98 Å². The zero-order valence-electron chi connectivity index (χ0n) is 9.47. The number of ether oxygens (including phenoxy) is 1. The summed E-state index contributed by atoms with van der Waals surface area (Å²) in [5.41, 5.74) is 1.97. The van der Waals surface area contributed by atoms with E-state index in [0.717, 1.165) is 21.5 Å². The van der Waals surface area contributed by atoms with E-state index < -0.39 is 0 Å². The molecule has 1 heterocycles. The number of fused-ring (bicyclic) bond motifs is 1. The number of halogens is 1. The Morgan fingerprint density at radius 1 is 1.06 bits per heavy atom. The Bertz CT molecular complexity index is 666. The number of rotatable bonds is 3. The number of hydrogen-bond acceptors (Lipinski definition) is 3. The van der Waals surface area contributed by atoms with E-state index in [1.807, 2.05) is 48.5 Å². The molecule has 0 saturated carbocycles. The Balaban J connectivity index is 1.99. The van der Waals surface area contributed by atoms with Crippen LogP contribution in [0.25, 0.3) is 10.2 Å². The van der Waals surface area contributed by atoms with Crippen molar-refractivity contribution >= 4 is 33.2 Å². The highest BCUT2D eigenvalue weighted by Gasteiger charge is 2.08. The van der Waals surface area contributed by atoms with Crippen LogP contribution in [-0.4, -0.2) is 4.98 Å². The molecule has 1 aromatic heterocycles. The molecule has 0 spiro atoms. The Morgan fingerprint density at radius 3 is 2.67 bits per heavy atom. The molecule has 2 aromatic carbocycles. The van der Waals surface area contributed by atoms with E-state index in [1.165, 1.54) is 11.3 Å². The van der Waals surface area contributed by atoms with Gasteiger partial charge in [-0.3, -0.25) is 0 Å². The van der Waals surface area contributed by atoms with E-state index in [2.05, 4.69) is 4.98 Å². The van der Waals surface area contributed by atoms with Gasteiger partial charge in [0.1, 0.15) is 5.75 Å². The number of aromatic nitrogens is 1. The fourth-order valence-electron chi connectivity index (χ4n) is 1.73. The molecule has 0 aliphatic rings. The lowest BCUT2D eigenvalue weighted by Crippen LogP contribution is -1.83. The van der Waals surface area contributed by atoms with Crippen molar-refractivity contribution in [2.24, 2.45) is 0 Å². The maximum absolute atomic E-state index is 5.90. The first kappa shape index (κ1) is 11.5. The van der Waals surface area contributed by atoms with Crippen LogP contribution in [-0.2, 0) is 5.88 Å². The van der Waals surface area contributed by atoms with Gasteiger partial charge < -0.3 is 4.74 Å². The highest BCUT2D eigenvalue weighted by Crippen LogP contribution is 2.33. The van der Waals surface area contributed by atoms with Gasteiger partial charge in [-0.05, 0) is 23.8 Å². The lowest BCUT2D eigenvalue weighted by atomic mass is 10.2. The molecule has 2 nitrogen and oxygen atoms in total. The van der Waals surface area contributed by atoms with Crippen LogP contribution in [0.4, 0.5) is 0 Å². The van der Waals surface area contributed by atoms with Crippen LogP contribution in [0.1, 0.15) is 5.56 Å². The average Bonchev–Trinajstić information content (AvgIpc) is 2.82. The van der Waals surface area contributed by atoms with Crippen LogP contribution in [0.3, 0.4) is 0 Å². The SMILES string of the molecule is ClCc1cccc2sc(Oc3ccccc3)nc12. The van der Waals surface area contributed by atoms with Gasteiger partial charge in [0.15, 0.2) is 0 Å². The van der Waals surface area contributed by atoms with Crippen LogP contribution in [0, 0.1) is 0 Å². The smallest absolute Gasteiger partial charge is 0.279 e. The summed E-state index contributed by atoms with van der Waals surface area (Å²) in [6, 6.07) is 15.7. The standard InChI is InChI=1S/C14H10ClNOS/c15-9-10-5-4-8-12-13(10)16-14(18-12)17-11-6-2-1-3-7-11/h1-8H,9H2. The van der Waals surface area contributed by atoms with Gasteiger partial charge in [-0.15, -0.1) is 11.6 Å². The minimum atomic E-state index is 0.464. The maximum Gasteiger partial charge on any atom is 0.279 e. The summed E-state index contributed by atoms with van der Waals surface area (Å²) < 4.78 is 6.82. The molecule has 0 radical (unpaired) electrons. The third kappa shape index (κ3) is 2.19. The van der Waals surface area contributed by atoms with Crippen molar-refractivity contribution in [2.75, 3.05) is 0 Å². The van der Waals surface area contributed by atoms with Crippen molar-refractivity contribution in [1.29, 1.82) is 0 Å². The number of para-hydroxylation sites is 2. The first-order valence-electron chi connectivity index (χ1n) is 5.54. The molecule has 0 N–H and O–H groups in total. The van der Waals surface area contributed by atoms with E-state index >= 15 is 0 Å². The van der Waals surface area contributed by atoms with Gasteiger partial charge in [0.05, 0.1) is 10.2 Å². The molecule has 0 atom stereocenters. The molecule has 3 aromatic rings. The van der Waals surface area contributed by atoms with Crippen LogP contribution < -0.4 is 4.74 Å². The molecule has 0 saturated heterocycles. The monoisotopic (exact) mass is 275 g/mol. The van der Waals surface area contributed by atoms with Crippen LogP contribution in [0.5, 0.6) is 10.9 Å². The molecular formula is C14H10ClNOS. The van der Waals surface area contributed by atoms with Gasteiger partial charge in [-0.2, -0.15) is 0 Å². The summed E-state index contributed by atoms with van der Waals surface area (Å²) in [7, 11) is 0. The summed E-state index contributed by atoms with van der Waals surface area (Å²) in [4.78, 5) is 4.49.